The number of benzene rings is 3. The van der Waals surface area contributed by atoms with E-state index < -0.39 is 6.36 Å². The highest BCUT2D eigenvalue weighted by Gasteiger charge is 2.55. The Labute approximate surface area is 209 Å². The van der Waals surface area contributed by atoms with Crippen molar-refractivity contribution in [3.05, 3.63) is 95.6 Å². The number of alkyl halides is 3. The lowest BCUT2D eigenvalue weighted by Gasteiger charge is -2.50. The van der Waals surface area contributed by atoms with Crippen LogP contribution in [0.2, 0.25) is 0 Å². The maximum Gasteiger partial charge on any atom is 0.573 e. The van der Waals surface area contributed by atoms with Crippen LogP contribution in [0.5, 0.6) is 11.5 Å². The van der Waals surface area contributed by atoms with Crippen LogP contribution < -0.4 is 9.47 Å². The summed E-state index contributed by atoms with van der Waals surface area (Å²) in [4.78, 5) is 2.59. The van der Waals surface area contributed by atoms with E-state index in [1.807, 2.05) is 12.1 Å². The van der Waals surface area contributed by atoms with E-state index in [0.29, 0.717) is 17.4 Å². The van der Waals surface area contributed by atoms with Gasteiger partial charge in [-0.3, -0.25) is 4.90 Å². The van der Waals surface area contributed by atoms with E-state index in [4.69, 9.17) is 9.47 Å². The van der Waals surface area contributed by atoms with E-state index in [9.17, 15) is 13.2 Å². The molecule has 2 fully saturated rings. The highest BCUT2D eigenvalue weighted by molar-refractivity contribution is 5.40. The zero-order chi connectivity index (χ0) is 25.2. The molecule has 3 aromatic rings. The minimum absolute atomic E-state index is 0.126. The van der Waals surface area contributed by atoms with Crippen LogP contribution in [0, 0.1) is 0 Å². The molecule has 0 amide bonds. The molecule has 2 aliphatic heterocycles. The molecular weight excluding hydrogens is 467 g/mol. The SMILES string of the molecule is COc1ccc(OC(F)(F)F)cc1COC1CCC2CCC1(c1ccccc1)N2Cc1ccccc1. The molecule has 3 atom stereocenters. The van der Waals surface area contributed by atoms with Gasteiger partial charge in [0.25, 0.3) is 0 Å². The first kappa shape index (κ1) is 24.7. The van der Waals surface area contributed by atoms with Gasteiger partial charge in [0.05, 0.1) is 25.4 Å². The number of ether oxygens (including phenoxy) is 3. The van der Waals surface area contributed by atoms with Crippen molar-refractivity contribution in [1.29, 1.82) is 0 Å². The number of hydrogen-bond acceptors (Lipinski definition) is 4. The minimum Gasteiger partial charge on any atom is -0.496 e. The predicted molar refractivity (Wildman–Crippen MR) is 131 cm³/mol. The second kappa shape index (κ2) is 10.1. The summed E-state index contributed by atoms with van der Waals surface area (Å²) in [6, 6.07) is 25.5. The van der Waals surface area contributed by atoms with Crippen LogP contribution in [0.1, 0.15) is 42.4 Å². The largest absolute Gasteiger partial charge is 0.573 e. The Balaban J connectivity index is 1.45. The van der Waals surface area contributed by atoms with E-state index in [1.165, 1.54) is 36.4 Å². The summed E-state index contributed by atoms with van der Waals surface area (Å²) in [5.41, 5.74) is 2.68. The molecule has 2 aliphatic rings. The molecule has 0 N–H and O–H groups in total. The number of fused-ring (bicyclic) bond motifs is 2. The Hall–Kier alpha value is -3.03. The highest BCUT2D eigenvalue weighted by atomic mass is 19.4. The molecule has 0 spiro atoms. The second-order valence-electron chi connectivity index (χ2n) is 9.49. The van der Waals surface area contributed by atoms with E-state index >= 15 is 0 Å². The van der Waals surface area contributed by atoms with E-state index in [-0.39, 0.29) is 24.0 Å². The van der Waals surface area contributed by atoms with Gasteiger partial charge in [-0.25, -0.2) is 0 Å². The fourth-order valence-corrected chi connectivity index (χ4v) is 5.99. The lowest BCUT2D eigenvalue weighted by molar-refractivity contribution is -0.274. The minimum atomic E-state index is -4.76. The Morgan fingerprint density at radius 2 is 1.64 bits per heavy atom. The van der Waals surface area contributed by atoms with Crippen LogP contribution >= 0.6 is 0 Å². The fraction of sp³-hybridized carbons (Fsp3) is 0.379. The monoisotopic (exact) mass is 497 g/mol. The van der Waals surface area contributed by atoms with Crippen LogP contribution in [-0.2, 0) is 23.4 Å². The molecule has 3 aromatic carbocycles. The molecule has 0 saturated carbocycles. The summed E-state index contributed by atoms with van der Waals surface area (Å²) in [5, 5.41) is 0. The summed E-state index contributed by atoms with van der Waals surface area (Å²) in [6.45, 7) is 0.944. The zero-order valence-corrected chi connectivity index (χ0v) is 20.2. The van der Waals surface area contributed by atoms with Crippen LogP contribution in [0.4, 0.5) is 13.2 Å². The van der Waals surface area contributed by atoms with Crippen molar-refractivity contribution in [2.75, 3.05) is 7.11 Å². The summed E-state index contributed by atoms with van der Waals surface area (Å²) < 4.78 is 54.6. The zero-order valence-electron chi connectivity index (χ0n) is 20.2. The van der Waals surface area contributed by atoms with Gasteiger partial charge in [-0.2, -0.15) is 0 Å². The molecule has 5 rings (SSSR count). The van der Waals surface area contributed by atoms with Gasteiger partial charge in [-0.05, 0) is 55.0 Å². The summed E-state index contributed by atoms with van der Waals surface area (Å²) in [5.74, 6) is 0.189. The third-order valence-electron chi connectivity index (χ3n) is 7.50. The molecule has 36 heavy (non-hydrogen) atoms. The Morgan fingerprint density at radius 3 is 2.33 bits per heavy atom. The number of hydrogen-bond donors (Lipinski definition) is 0. The van der Waals surface area contributed by atoms with Crippen LogP contribution in [0.15, 0.2) is 78.9 Å². The Kier molecular flexibility index (Phi) is 6.95. The van der Waals surface area contributed by atoms with E-state index in [0.717, 1.165) is 32.2 Å². The summed E-state index contributed by atoms with van der Waals surface area (Å²) in [7, 11) is 1.50. The third kappa shape index (κ3) is 4.95. The molecule has 2 heterocycles. The average Bonchev–Trinajstić information content (AvgIpc) is 3.11. The number of rotatable bonds is 8. The molecule has 190 valence electrons. The second-order valence-corrected chi connectivity index (χ2v) is 9.49. The van der Waals surface area contributed by atoms with Crippen molar-refractivity contribution in [2.45, 2.75) is 62.9 Å². The van der Waals surface area contributed by atoms with Gasteiger partial charge in [0.2, 0.25) is 0 Å². The number of methoxy groups -OCH3 is 1. The van der Waals surface area contributed by atoms with Gasteiger partial charge in [0, 0.05) is 18.2 Å². The highest BCUT2D eigenvalue weighted by Crippen LogP contribution is 2.52. The predicted octanol–water partition coefficient (Wildman–Crippen LogP) is 6.83. The number of halogens is 3. The topological polar surface area (TPSA) is 30.9 Å². The first-order valence-electron chi connectivity index (χ1n) is 12.3. The lowest BCUT2D eigenvalue weighted by Crippen LogP contribution is -2.56. The van der Waals surface area contributed by atoms with E-state index in [2.05, 4.69) is 58.2 Å². The van der Waals surface area contributed by atoms with Gasteiger partial charge in [0.1, 0.15) is 11.5 Å². The molecule has 2 saturated heterocycles. The summed E-state index contributed by atoms with van der Waals surface area (Å²) in [6.07, 6.45) is -0.941. The normalized spacial score (nSPS) is 24.0. The number of piperidine rings is 1. The van der Waals surface area contributed by atoms with Crippen molar-refractivity contribution >= 4 is 0 Å². The van der Waals surface area contributed by atoms with Crippen molar-refractivity contribution in [2.24, 2.45) is 0 Å². The third-order valence-corrected chi connectivity index (χ3v) is 7.50. The standard InChI is InChI=1S/C29H30F3NO3/c1-34-26-14-13-25(36-29(30,31)32)18-22(26)20-35-27-15-12-24-16-17-28(27,23-10-6-3-7-11-23)33(24)19-21-8-4-2-5-9-21/h2-11,13-14,18,24,27H,12,15-17,19-20H2,1H3. The molecular formula is C29H30F3NO3. The number of nitrogens with zero attached hydrogens (tertiary/aromatic N) is 1. The van der Waals surface area contributed by atoms with Crippen LogP contribution in [0.25, 0.3) is 0 Å². The lowest BCUT2D eigenvalue weighted by atomic mass is 9.78. The molecule has 0 radical (unpaired) electrons. The molecule has 7 heteroatoms. The van der Waals surface area contributed by atoms with Crippen LogP contribution in [0.3, 0.4) is 0 Å². The fourth-order valence-electron chi connectivity index (χ4n) is 5.99. The molecule has 0 aliphatic carbocycles. The smallest absolute Gasteiger partial charge is 0.496 e. The molecule has 0 aromatic heterocycles. The van der Waals surface area contributed by atoms with Crippen molar-refractivity contribution in [1.82, 2.24) is 4.90 Å². The first-order valence-corrected chi connectivity index (χ1v) is 12.3. The maximum absolute atomic E-state index is 12.8. The Morgan fingerprint density at radius 1 is 0.917 bits per heavy atom. The molecule has 2 bridgehead atoms. The first-order chi connectivity index (χ1) is 17.4. The van der Waals surface area contributed by atoms with Gasteiger partial charge in [0.15, 0.2) is 0 Å². The van der Waals surface area contributed by atoms with Crippen LogP contribution in [-0.4, -0.2) is 30.5 Å². The molecule has 3 unspecified atom stereocenters. The Bertz CT molecular complexity index is 1160. The maximum atomic E-state index is 12.8. The van der Waals surface area contributed by atoms with Gasteiger partial charge < -0.3 is 14.2 Å². The van der Waals surface area contributed by atoms with Crippen molar-refractivity contribution in [3.8, 4) is 11.5 Å². The van der Waals surface area contributed by atoms with Crippen molar-refractivity contribution in [3.63, 3.8) is 0 Å². The van der Waals surface area contributed by atoms with Gasteiger partial charge >= 0.3 is 6.36 Å². The van der Waals surface area contributed by atoms with E-state index in [1.54, 1.807) is 0 Å². The van der Waals surface area contributed by atoms with Gasteiger partial charge in [-0.1, -0.05) is 60.7 Å². The summed E-state index contributed by atoms with van der Waals surface area (Å²) >= 11 is 0. The van der Waals surface area contributed by atoms with Crippen molar-refractivity contribution < 1.29 is 27.4 Å². The van der Waals surface area contributed by atoms with Gasteiger partial charge in [-0.15, -0.1) is 13.2 Å². The molecule has 4 nitrogen and oxygen atoms in total. The quantitative estimate of drug-likeness (QED) is 0.341. The average molecular weight is 498 g/mol.